The smallest absolute Gasteiger partial charge is 0.0735 e. The summed E-state index contributed by atoms with van der Waals surface area (Å²) in [6.45, 7) is 0. The molecule has 0 saturated heterocycles. The summed E-state index contributed by atoms with van der Waals surface area (Å²) < 4.78 is 5.25. The Kier molecular flexibility index (Phi) is 6.30. The largest absolute Gasteiger partial charge is 0.310 e. The molecule has 1 aliphatic carbocycles. The summed E-state index contributed by atoms with van der Waals surface area (Å²) in [7, 11) is 0. The molecule has 0 fully saturated rings. The van der Waals surface area contributed by atoms with Crippen molar-refractivity contribution in [3.8, 4) is 11.1 Å². The van der Waals surface area contributed by atoms with Crippen LogP contribution in [0.25, 0.3) is 51.5 Å². The predicted octanol–water partition coefficient (Wildman–Crippen LogP) is 14.7. The Bertz CT molecular complexity index is 3070. The molecule has 3 heterocycles. The van der Waals surface area contributed by atoms with E-state index < -0.39 is 0 Å². The molecule has 0 N–H and O–H groups in total. The average Bonchev–Trinajstić information content (AvgIpc) is 3.86. The third-order valence-corrected chi connectivity index (χ3v) is 14.7. The molecule has 8 aromatic carbocycles. The Labute approximate surface area is 319 Å². The fraction of sp³-hybridized carbons (Fsp3) is 0.0204. The maximum atomic E-state index is 2.54. The van der Waals surface area contributed by atoms with Crippen LogP contribution in [0, 0.1) is 0 Å². The van der Waals surface area contributed by atoms with E-state index in [0.717, 1.165) is 5.69 Å². The standard InChI is InChI=1S/C49H29NS3/c1-2-13-30(14-3-1)50(31-25-26-34-33-16-5-9-21-42(33)51-46(34)27-31)41-20-12-24-45-48(41)36-28-35-32-15-4-6-17-37(32)49(40(35)29-47(36)53-45)38-18-7-10-22-43(38)52-44-23-11-8-19-39(44)49/h1-29H. The van der Waals surface area contributed by atoms with Crippen molar-refractivity contribution in [2.24, 2.45) is 0 Å². The van der Waals surface area contributed by atoms with Gasteiger partial charge in [-0.3, -0.25) is 0 Å². The molecular weight excluding hydrogens is 699 g/mol. The summed E-state index contributed by atoms with van der Waals surface area (Å²) in [5.41, 5.74) is 11.3. The summed E-state index contributed by atoms with van der Waals surface area (Å²) in [6.07, 6.45) is 0. The van der Waals surface area contributed by atoms with E-state index in [9.17, 15) is 0 Å². The van der Waals surface area contributed by atoms with Crippen LogP contribution in [0.2, 0.25) is 0 Å². The van der Waals surface area contributed by atoms with E-state index in [2.05, 4.69) is 181 Å². The van der Waals surface area contributed by atoms with Crippen molar-refractivity contribution < 1.29 is 0 Å². The highest BCUT2D eigenvalue weighted by molar-refractivity contribution is 7.99. The number of para-hydroxylation sites is 1. The van der Waals surface area contributed by atoms with Crippen molar-refractivity contribution >= 4 is 91.8 Å². The van der Waals surface area contributed by atoms with Gasteiger partial charge in [0.15, 0.2) is 0 Å². The molecule has 1 spiro atoms. The first-order chi connectivity index (χ1) is 26.3. The van der Waals surface area contributed by atoms with Crippen molar-refractivity contribution in [1.29, 1.82) is 0 Å². The number of hydrogen-bond acceptors (Lipinski definition) is 4. The van der Waals surface area contributed by atoms with Crippen molar-refractivity contribution in [2.75, 3.05) is 4.90 Å². The number of nitrogens with zero attached hydrogens (tertiary/aromatic N) is 1. The summed E-state index contributed by atoms with van der Waals surface area (Å²) in [5.74, 6) is 0. The summed E-state index contributed by atoms with van der Waals surface area (Å²) >= 11 is 5.69. The molecular formula is C49H29NS3. The number of thiophene rings is 2. The molecule has 0 saturated carbocycles. The van der Waals surface area contributed by atoms with Crippen LogP contribution in [0.15, 0.2) is 186 Å². The molecule has 0 unspecified atom stereocenters. The molecule has 248 valence electrons. The SMILES string of the molecule is c1ccc(N(c2ccc3c(c2)sc2ccccc23)c2cccc3sc4cc5c(cc4c23)-c2ccccc2C52c3ccccc3Sc3ccccc32)cc1. The van der Waals surface area contributed by atoms with E-state index in [1.165, 1.54) is 94.9 Å². The van der Waals surface area contributed by atoms with Gasteiger partial charge >= 0.3 is 0 Å². The minimum absolute atomic E-state index is 0.382. The third-order valence-electron chi connectivity index (χ3n) is 11.3. The number of fused-ring (bicyclic) bond motifs is 15. The zero-order valence-corrected chi connectivity index (χ0v) is 30.9. The summed E-state index contributed by atoms with van der Waals surface area (Å²) in [4.78, 5) is 5.13. The van der Waals surface area contributed by atoms with E-state index in [1.807, 2.05) is 34.4 Å². The zero-order chi connectivity index (χ0) is 34.7. The Morgan fingerprint density at radius 3 is 1.85 bits per heavy atom. The minimum atomic E-state index is -0.382. The van der Waals surface area contributed by atoms with Crippen LogP contribution in [-0.2, 0) is 5.41 Å². The molecule has 2 aromatic heterocycles. The lowest BCUT2D eigenvalue weighted by atomic mass is 9.67. The van der Waals surface area contributed by atoms with Gasteiger partial charge in [0.25, 0.3) is 0 Å². The van der Waals surface area contributed by atoms with Crippen LogP contribution in [-0.4, -0.2) is 0 Å². The first-order valence-electron chi connectivity index (χ1n) is 18.0. The lowest BCUT2D eigenvalue weighted by Gasteiger charge is -2.39. The average molecular weight is 728 g/mol. The number of anilines is 3. The topological polar surface area (TPSA) is 3.24 Å². The molecule has 0 amide bonds. The first kappa shape index (κ1) is 29.9. The second-order valence-electron chi connectivity index (χ2n) is 14.0. The molecule has 12 rings (SSSR count). The third kappa shape index (κ3) is 4.09. The lowest BCUT2D eigenvalue weighted by molar-refractivity contribution is 0.723. The first-order valence-corrected chi connectivity index (χ1v) is 20.5. The molecule has 1 aliphatic heterocycles. The second-order valence-corrected chi connectivity index (χ2v) is 17.2. The van der Waals surface area contributed by atoms with Crippen molar-refractivity contribution in [1.82, 2.24) is 0 Å². The van der Waals surface area contributed by atoms with Gasteiger partial charge in [0.2, 0.25) is 0 Å². The van der Waals surface area contributed by atoms with E-state index in [4.69, 9.17) is 0 Å². The van der Waals surface area contributed by atoms with Crippen LogP contribution in [0.3, 0.4) is 0 Å². The second kappa shape index (κ2) is 11.2. The Hall–Kier alpha value is -5.65. The molecule has 2 aliphatic rings. The van der Waals surface area contributed by atoms with Gasteiger partial charge in [-0.2, -0.15) is 0 Å². The molecule has 53 heavy (non-hydrogen) atoms. The predicted molar refractivity (Wildman–Crippen MR) is 228 cm³/mol. The highest BCUT2D eigenvalue weighted by Gasteiger charge is 2.50. The van der Waals surface area contributed by atoms with Crippen molar-refractivity contribution in [3.63, 3.8) is 0 Å². The van der Waals surface area contributed by atoms with Gasteiger partial charge in [-0.05, 0) is 100 Å². The molecule has 0 bridgehead atoms. The fourth-order valence-electron chi connectivity index (χ4n) is 9.20. The normalized spacial score (nSPS) is 13.7. The quantitative estimate of drug-likeness (QED) is 0.178. The van der Waals surface area contributed by atoms with E-state index >= 15 is 0 Å². The van der Waals surface area contributed by atoms with Gasteiger partial charge < -0.3 is 4.90 Å². The molecule has 1 nitrogen and oxygen atoms in total. The minimum Gasteiger partial charge on any atom is -0.310 e. The number of rotatable bonds is 3. The number of hydrogen-bond donors (Lipinski definition) is 0. The van der Waals surface area contributed by atoms with Gasteiger partial charge in [0.1, 0.15) is 0 Å². The van der Waals surface area contributed by atoms with Crippen LogP contribution in [0.4, 0.5) is 17.1 Å². The van der Waals surface area contributed by atoms with Crippen LogP contribution < -0.4 is 4.90 Å². The Balaban J connectivity index is 1.14. The maximum absolute atomic E-state index is 2.54. The molecule has 4 heteroatoms. The highest BCUT2D eigenvalue weighted by atomic mass is 32.2. The zero-order valence-electron chi connectivity index (χ0n) is 28.4. The molecule has 0 radical (unpaired) electrons. The van der Waals surface area contributed by atoms with Crippen molar-refractivity contribution in [3.05, 3.63) is 198 Å². The fourth-order valence-corrected chi connectivity index (χ4v) is 12.7. The van der Waals surface area contributed by atoms with Gasteiger partial charge in [-0.1, -0.05) is 121 Å². The lowest BCUT2D eigenvalue weighted by Crippen LogP contribution is -2.31. The summed E-state index contributed by atoms with van der Waals surface area (Å²) in [6, 6.07) is 65.8. The maximum Gasteiger partial charge on any atom is 0.0735 e. The Morgan fingerprint density at radius 2 is 1.02 bits per heavy atom. The van der Waals surface area contributed by atoms with E-state index in [0.29, 0.717) is 0 Å². The van der Waals surface area contributed by atoms with Crippen molar-refractivity contribution in [2.45, 2.75) is 15.2 Å². The van der Waals surface area contributed by atoms with Crippen LogP contribution in [0.1, 0.15) is 22.3 Å². The monoisotopic (exact) mass is 727 g/mol. The Morgan fingerprint density at radius 1 is 0.377 bits per heavy atom. The van der Waals surface area contributed by atoms with E-state index in [1.54, 1.807) is 0 Å². The van der Waals surface area contributed by atoms with Gasteiger partial charge in [-0.15, -0.1) is 22.7 Å². The molecule has 10 aromatic rings. The number of benzene rings is 8. The van der Waals surface area contributed by atoms with E-state index in [-0.39, 0.29) is 5.41 Å². The van der Waals surface area contributed by atoms with Gasteiger partial charge in [0, 0.05) is 61.5 Å². The van der Waals surface area contributed by atoms with Gasteiger partial charge in [0.05, 0.1) is 11.1 Å². The van der Waals surface area contributed by atoms with Gasteiger partial charge in [-0.25, -0.2) is 0 Å². The van der Waals surface area contributed by atoms with Crippen LogP contribution >= 0.6 is 34.4 Å². The summed E-state index contributed by atoms with van der Waals surface area (Å²) in [5, 5.41) is 5.25. The highest BCUT2D eigenvalue weighted by Crippen LogP contribution is 2.63. The molecule has 0 atom stereocenters. The van der Waals surface area contributed by atoms with Crippen LogP contribution in [0.5, 0.6) is 0 Å².